The van der Waals surface area contributed by atoms with Crippen molar-refractivity contribution in [2.45, 2.75) is 6.92 Å². The number of carbonyl (C=O) groups excluding carboxylic acids is 2. The first-order chi connectivity index (χ1) is 13.3. The monoisotopic (exact) mass is 386 g/mol. The minimum atomic E-state index is -0.776. The molecule has 2 N–H and O–H groups in total. The van der Waals surface area contributed by atoms with Crippen LogP contribution in [0.4, 0.5) is 11.4 Å². The van der Waals surface area contributed by atoms with Gasteiger partial charge in [-0.2, -0.15) is 0 Å². The molecule has 0 aliphatic rings. The Balaban J connectivity index is 1.95. The third kappa shape index (κ3) is 5.31. The summed E-state index contributed by atoms with van der Waals surface area (Å²) in [5.74, 6) is -1.27. The van der Waals surface area contributed by atoms with Gasteiger partial charge < -0.3 is 19.9 Å². The fourth-order valence-corrected chi connectivity index (χ4v) is 2.29. The van der Waals surface area contributed by atoms with E-state index in [0.29, 0.717) is 11.1 Å². The van der Waals surface area contributed by atoms with Crippen LogP contribution >= 0.6 is 0 Å². The van der Waals surface area contributed by atoms with Crippen molar-refractivity contribution in [3.8, 4) is 11.5 Å². The molecule has 9 nitrogen and oxygen atoms in total. The largest absolute Gasteiger partial charge is 0.504 e. The van der Waals surface area contributed by atoms with Gasteiger partial charge >= 0.3 is 5.97 Å². The second-order valence-electron chi connectivity index (χ2n) is 5.65. The number of phenols is 1. The maximum atomic E-state index is 12.0. The van der Waals surface area contributed by atoms with E-state index >= 15 is 0 Å². The van der Waals surface area contributed by atoms with Crippen LogP contribution in [-0.2, 0) is 14.3 Å². The van der Waals surface area contributed by atoms with Crippen molar-refractivity contribution in [2.75, 3.05) is 19.0 Å². The summed E-state index contributed by atoms with van der Waals surface area (Å²) in [5, 5.41) is 23.0. The number of anilines is 1. The first-order valence-corrected chi connectivity index (χ1v) is 8.07. The second kappa shape index (κ2) is 9.17. The van der Waals surface area contributed by atoms with Crippen molar-refractivity contribution in [3.63, 3.8) is 0 Å². The number of benzene rings is 2. The lowest BCUT2D eigenvalue weighted by Crippen LogP contribution is -2.21. The van der Waals surface area contributed by atoms with Crippen LogP contribution in [0, 0.1) is 17.0 Å². The Morgan fingerprint density at radius 2 is 2.04 bits per heavy atom. The van der Waals surface area contributed by atoms with Gasteiger partial charge in [-0.05, 0) is 36.3 Å². The van der Waals surface area contributed by atoms with Crippen molar-refractivity contribution in [1.82, 2.24) is 0 Å². The maximum Gasteiger partial charge on any atom is 0.331 e. The number of aromatic hydroxyl groups is 1. The number of phenolic OH excluding ortho intramolecular Hbond substituents is 1. The lowest BCUT2D eigenvalue weighted by Gasteiger charge is -2.08. The summed E-state index contributed by atoms with van der Waals surface area (Å²) in [5.41, 5.74) is 0.891. The molecule has 0 fully saturated rings. The summed E-state index contributed by atoms with van der Waals surface area (Å²) in [4.78, 5) is 34.2. The average molecular weight is 386 g/mol. The van der Waals surface area contributed by atoms with E-state index in [4.69, 9.17) is 9.47 Å². The summed E-state index contributed by atoms with van der Waals surface area (Å²) in [7, 11) is 1.40. The van der Waals surface area contributed by atoms with E-state index in [-0.39, 0.29) is 22.9 Å². The standard InChI is InChI=1S/C19H18N2O7/c1-12-4-3-5-14(21(25)26)19(12)20-17(23)11-28-18(24)9-7-13-6-8-15(22)16(10-13)27-2/h3-10,22H,11H2,1-2H3,(H,20,23)/b9-7+. The highest BCUT2D eigenvalue weighted by atomic mass is 16.6. The Bertz CT molecular complexity index is 938. The normalized spacial score (nSPS) is 10.5. The molecular weight excluding hydrogens is 368 g/mol. The fraction of sp³-hybridized carbons (Fsp3) is 0.158. The molecule has 0 atom stereocenters. The Hall–Kier alpha value is -3.88. The van der Waals surface area contributed by atoms with Gasteiger partial charge in [0, 0.05) is 12.1 Å². The van der Waals surface area contributed by atoms with Gasteiger partial charge in [0.1, 0.15) is 5.69 Å². The molecule has 0 radical (unpaired) electrons. The highest BCUT2D eigenvalue weighted by Crippen LogP contribution is 2.28. The molecule has 146 valence electrons. The molecule has 9 heteroatoms. The van der Waals surface area contributed by atoms with Crippen LogP contribution in [-0.4, -0.2) is 35.6 Å². The predicted octanol–water partition coefficient (Wildman–Crippen LogP) is 2.81. The molecule has 0 aliphatic heterocycles. The van der Waals surface area contributed by atoms with Crippen LogP contribution < -0.4 is 10.1 Å². The molecule has 0 saturated carbocycles. The summed E-state index contributed by atoms with van der Waals surface area (Å²) in [6, 6.07) is 8.88. The summed E-state index contributed by atoms with van der Waals surface area (Å²) in [6.45, 7) is 1.01. The minimum Gasteiger partial charge on any atom is -0.504 e. The number of aryl methyl sites for hydroxylation is 1. The number of nitro groups is 1. The first kappa shape index (κ1) is 20.4. The Morgan fingerprint density at radius 1 is 1.29 bits per heavy atom. The number of nitrogens with one attached hydrogen (secondary N) is 1. The quantitative estimate of drug-likeness (QED) is 0.324. The number of amides is 1. The fourth-order valence-electron chi connectivity index (χ4n) is 2.29. The van der Waals surface area contributed by atoms with Gasteiger partial charge in [0.2, 0.25) is 0 Å². The number of para-hydroxylation sites is 1. The third-order valence-corrected chi connectivity index (χ3v) is 3.67. The maximum absolute atomic E-state index is 12.0. The van der Waals surface area contributed by atoms with Crippen molar-refractivity contribution >= 4 is 29.3 Å². The molecule has 0 saturated heterocycles. The van der Waals surface area contributed by atoms with Crippen LogP contribution in [0.1, 0.15) is 11.1 Å². The van der Waals surface area contributed by atoms with Crippen molar-refractivity contribution in [3.05, 3.63) is 63.7 Å². The summed E-state index contributed by atoms with van der Waals surface area (Å²) < 4.78 is 9.79. The zero-order valence-electron chi connectivity index (χ0n) is 15.2. The minimum absolute atomic E-state index is 0.0378. The summed E-state index contributed by atoms with van der Waals surface area (Å²) in [6.07, 6.45) is 2.53. The molecule has 0 spiro atoms. The Labute approximate surface area is 160 Å². The van der Waals surface area contributed by atoms with E-state index in [1.54, 1.807) is 19.1 Å². The highest BCUT2D eigenvalue weighted by Gasteiger charge is 2.18. The number of methoxy groups -OCH3 is 1. The van der Waals surface area contributed by atoms with Gasteiger partial charge in [-0.1, -0.05) is 18.2 Å². The molecule has 0 aliphatic carbocycles. The van der Waals surface area contributed by atoms with Gasteiger partial charge in [0.25, 0.3) is 11.6 Å². The molecule has 2 aromatic rings. The van der Waals surface area contributed by atoms with E-state index in [2.05, 4.69) is 5.32 Å². The van der Waals surface area contributed by atoms with E-state index in [9.17, 15) is 24.8 Å². The Kier molecular flexibility index (Phi) is 6.69. The number of esters is 1. The van der Waals surface area contributed by atoms with Gasteiger partial charge in [0.05, 0.1) is 12.0 Å². The Morgan fingerprint density at radius 3 is 2.71 bits per heavy atom. The van der Waals surface area contributed by atoms with Gasteiger partial charge in [0.15, 0.2) is 18.1 Å². The lowest BCUT2D eigenvalue weighted by molar-refractivity contribution is -0.384. The number of carbonyl (C=O) groups is 2. The first-order valence-electron chi connectivity index (χ1n) is 8.07. The molecule has 1 amide bonds. The second-order valence-corrected chi connectivity index (χ2v) is 5.65. The number of nitro benzene ring substituents is 1. The number of hydrogen-bond donors (Lipinski definition) is 2. The molecule has 0 aromatic heterocycles. The SMILES string of the molecule is COc1cc(/C=C/C(=O)OCC(=O)Nc2c(C)cccc2[N+](=O)[O-])ccc1O. The van der Waals surface area contributed by atoms with E-state index in [1.165, 1.54) is 37.5 Å². The smallest absolute Gasteiger partial charge is 0.331 e. The molecule has 0 bridgehead atoms. The van der Waals surface area contributed by atoms with Crippen molar-refractivity contribution < 1.29 is 29.1 Å². The highest BCUT2D eigenvalue weighted by molar-refractivity contribution is 5.96. The van der Waals surface area contributed by atoms with Crippen LogP contribution in [0.3, 0.4) is 0 Å². The number of hydrogen-bond acceptors (Lipinski definition) is 7. The van der Waals surface area contributed by atoms with Crippen LogP contribution in [0.5, 0.6) is 11.5 Å². The van der Waals surface area contributed by atoms with Gasteiger partial charge in [-0.25, -0.2) is 4.79 Å². The molecular formula is C19H18N2O7. The van der Waals surface area contributed by atoms with Crippen molar-refractivity contribution in [2.24, 2.45) is 0 Å². The van der Waals surface area contributed by atoms with Gasteiger partial charge in [-0.3, -0.25) is 14.9 Å². The zero-order valence-corrected chi connectivity index (χ0v) is 15.2. The summed E-state index contributed by atoms with van der Waals surface area (Å²) >= 11 is 0. The van der Waals surface area contributed by atoms with E-state index < -0.39 is 23.4 Å². The van der Waals surface area contributed by atoms with Crippen LogP contribution in [0.25, 0.3) is 6.08 Å². The number of ether oxygens (including phenoxy) is 2. The molecule has 0 heterocycles. The molecule has 28 heavy (non-hydrogen) atoms. The van der Waals surface area contributed by atoms with Gasteiger partial charge in [-0.15, -0.1) is 0 Å². The molecule has 2 aromatic carbocycles. The third-order valence-electron chi connectivity index (χ3n) is 3.67. The predicted molar refractivity (Wildman–Crippen MR) is 101 cm³/mol. The number of nitrogens with zero attached hydrogens (tertiary/aromatic N) is 1. The van der Waals surface area contributed by atoms with E-state index in [0.717, 1.165) is 6.08 Å². The zero-order chi connectivity index (χ0) is 20.7. The van der Waals surface area contributed by atoms with Crippen LogP contribution in [0.2, 0.25) is 0 Å². The van der Waals surface area contributed by atoms with Crippen LogP contribution in [0.15, 0.2) is 42.5 Å². The van der Waals surface area contributed by atoms with Crippen molar-refractivity contribution in [1.29, 1.82) is 0 Å². The average Bonchev–Trinajstić information content (AvgIpc) is 2.67. The topological polar surface area (TPSA) is 128 Å². The number of rotatable bonds is 7. The molecule has 2 rings (SSSR count). The molecule has 0 unspecified atom stereocenters. The van der Waals surface area contributed by atoms with E-state index in [1.807, 2.05) is 0 Å². The lowest BCUT2D eigenvalue weighted by atomic mass is 10.1.